The van der Waals surface area contributed by atoms with Crippen molar-refractivity contribution >= 4 is 40.9 Å². The summed E-state index contributed by atoms with van der Waals surface area (Å²) in [5.74, 6) is -2.17. The zero-order valence-corrected chi connectivity index (χ0v) is 18.8. The fourth-order valence-corrected chi connectivity index (χ4v) is 4.39. The molecule has 2 aliphatic heterocycles. The molecule has 0 saturated carbocycles. The number of nitrogens with zero attached hydrogens (tertiary/aromatic N) is 4. The fourth-order valence-electron chi connectivity index (χ4n) is 4.26. The summed E-state index contributed by atoms with van der Waals surface area (Å²) >= 11 is 5.97. The van der Waals surface area contributed by atoms with Crippen molar-refractivity contribution < 1.29 is 19.2 Å². The number of amides is 4. The molecule has 0 bridgehead atoms. The van der Waals surface area contributed by atoms with Gasteiger partial charge in [-0.15, -0.1) is 0 Å². The lowest BCUT2D eigenvalue weighted by Gasteiger charge is -2.46. The number of anilines is 1. The number of rotatable bonds is 4. The normalized spacial score (nSPS) is 21.5. The molecule has 4 rings (SSSR count). The van der Waals surface area contributed by atoms with Crippen molar-refractivity contribution in [2.75, 3.05) is 11.4 Å². The third kappa shape index (κ3) is 3.44. The predicted molar refractivity (Wildman–Crippen MR) is 118 cm³/mol. The van der Waals surface area contributed by atoms with Crippen LogP contribution in [0.4, 0.5) is 5.69 Å². The second kappa shape index (κ2) is 8.02. The van der Waals surface area contributed by atoms with Gasteiger partial charge in [0.1, 0.15) is 6.54 Å². The summed E-state index contributed by atoms with van der Waals surface area (Å²) in [5, 5.41) is 0.529. The van der Waals surface area contributed by atoms with Crippen LogP contribution in [-0.4, -0.2) is 56.5 Å². The molecule has 0 N–H and O–H groups in total. The number of imide groups is 1. The van der Waals surface area contributed by atoms with E-state index in [1.807, 2.05) is 0 Å². The molecule has 4 amide bonds. The molecule has 3 heterocycles. The van der Waals surface area contributed by atoms with Gasteiger partial charge in [0.05, 0.1) is 12.1 Å². The second-order valence-electron chi connectivity index (χ2n) is 8.36. The van der Waals surface area contributed by atoms with E-state index >= 15 is 0 Å². The number of pyridine rings is 1. The van der Waals surface area contributed by atoms with Gasteiger partial charge in [0.2, 0.25) is 17.4 Å². The summed E-state index contributed by atoms with van der Waals surface area (Å²) in [6.45, 7) is 5.16. The van der Waals surface area contributed by atoms with E-state index in [1.165, 1.54) is 16.0 Å². The number of carbonyl (C=O) groups is 4. The lowest BCUT2D eigenvalue weighted by molar-refractivity contribution is -0.170. The van der Waals surface area contributed by atoms with Crippen molar-refractivity contribution in [3.05, 3.63) is 58.9 Å². The maximum atomic E-state index is 13.8. The molecule has 2 fully saturated rings. The van der Waals surface area contributed by atoms with Crippen molar-refractivity contribution in [3.8, 4) is 0 Å². The molecular weight excluding hydrogens is 432 g/mol. The van der Waals surface area contributed by atoms with E-state index in [9.17, 15) is 19.2 Å². The first-order valence-electron chi connectivity index (χ1n) is 10.3. The molecule has 0 radical (unpaired) electrons. The van der Waals surface area contributed by atoms with Gasteiger partial charge in [-0.25, -0.2) is 4.90 Å². The highest BCUT2D eigenvalue weighted by atomic mass is 35.5. The van der Waals surface area contributed by atoms with Crippen LogP contribution < -0.4 is 4.90 Å². The van der Waals surface area contributed by atoms with Gasteiger partial charge in [0.15, 0.2) is 0 Å². The number of hydrogen-bond donors (Lipinski definition) is 0. The summed E-state index contributed by atoms with van der Waals surface area (Å²) in [7, 11) is 0. The third-order valence-electron chi connectivity index (χ3n) is 5.91. The van der Waals surface area contributed by atoms with E-state index in [4.69, 9.17) is 11.6 Å². The van der Waals surface area contributed by atoms with E-state index in [-0.39, 0.29) is 25.0 Å². The van der Waals surface area contributed by atoms with E-state index in [0.29, 0.717) is 22.0 Å². The largest absolute Gasteiger partial charge is 0.328 e. The molecule has 1 atom stereocenters. The van der Waals surface area contributed by atoms with Crippen LogP contribution in [0.2, 0.25) is 5.02 Å². The Hall–Kier alpha value is -3.26. The second-order valence-corrected chi connectivity index (χ2v) is 8.80. The molecule has 1 spiro atoms. The summed E-state index contributed by atoms with van der Waals surface area (Å²) in [6, 6.07) is 9.65. The number of hydrogen-bond acceptors (Lipinski definition) is 5. The van der Waals surface area contributed by atoms with Crippen molar-refractivity contribution in [2.24, 2.45) is 0 Å². The maximum absolute atomic E-state index is 13.8. The number of aromatic nitrogens is 1. The molecule has 2 aromatic rings. The molecule has 1 aromatic carbocycles. The molecule has 1 aromatic heterocycles. The minimum Gasteiger partial charge on any atom is -0.328 e. The van der Waals surface area contributed by atoms with Gasteiger partial charge in [-0.3, -0.25) is 24.2 Å². The number of aryl methyl sites for hydroxylation is 1. The van der Waals surface area contributed by atoms with Gasteiger partial charge in [-0.05, 0) is 50.6 Å². The van der Waals surface area contributed by atoms with Gasteiger partial charge in [0.25, 0.3) is 11.8 Å². The smallest absolute Gasteiger partial charge is 0.270 e. The van der Waals surface area contributed by atoms with Gasteiger partial charge >= 0.3 is 0 Å². The summed E-state index contributed by atoms with van der Waals surface area (Å²) in [6.07, 6.45) is 1.09. The zero-order chi connectivity index (χ0) is 23.2. The Morgan fingerprint density at radius 2 is 1.72 bits per heavy atom. The maximum Gasteiger partial charge on any atom is 0.270 e. The first-order chi connectivity index (χ1) is 15.1. The van der Waals surface area contributed by atoms with E-state index < -0.39 is 29.7 Å². The van der Waals surface area contributed by atoms with Crippen molar-refractivity contribution in [3.63, 3.8) is 0 Å². The van der Waals surface area contributed by atoms with Crippen molar-refractivity contribution in [2.45, 2.75) is 45.3 Å². The summed E-state index contributed by atoms with van der Waals surface area (Å²) in [5.41, 5.74) is -0.269. The van der Waals surface area contributed by atoms with Gasteiger partial charge in [-0.1, -0.05) is 23.7 Å². The van der Waals surface area contributed by atoms with Crippen LogP contribution in [0, 0.1) is 6.92 Å². The summed E-state index contributed by atoms with van der Waals surface area (Å²) < 4.78 is 0. The monoisotopic (exact) mass is 454 g/mol. The molecule has 2 aliphatic rings. The first kappa shape index (κ1) is 22.0. The Balaban J connectivity index is 1.82. The van der Waals surface area contributed by atoms with Crippen LogP contribution in [0.3, 0.4) is 0 Å². The fraction of sp³-hybridized carbons (Fsp3) is 0.348. The number of benzene rings is 1. The van der Waals surface area contributed by atoms with Gasteiger partial charge < -0.3 is 9.80 Å². The van der Waals surface area contributed by atoms with E-state index in [0.717, 1.165) is 4.90 Å². The molecular formula is C23H23ClN4O4. The molecule has 8 nitrogen and oxygen atoms in total. The minimum absolute atomic E-state index is 0.00983. The number of piperazine rings is 1. The lowest BCUT2D eigenvalue weighted by atomic mass is 9.88. The highest BCUT2D eigenvalue weighted by molar-refractivity contribution is 6.33. The highest BCUT2D eigenvalue weighted by Gasteiger charge is 2.65. The lowest BCUT2D eigenvalue weighted by Crippen LogP contribution is -2.71. The van der Waals surface area contributed by atoms with E-state index in [1.54, 1.807) is 57.2 Å². The van der Waals surface area contributed by atoms with Crippen LogP contribution in [-0.2, 0) is 25.7 Å². The molecule has 166 valence electrons. The van der Waals surface area contributed by atoms with Gasteiger partial charge in [0, 0.05) is 29.5 Å². The topological polar surface area (TPSA) is 90.9 Å². The Bertz CT molecular complexity index is 1120. The average Bonchev–Trinajstić information content (AvgIpc) is 3.00. The Kier molecular flexibility index (Phi) is 5.50. The van der Waals surface area contributed by atoms with Crippen LogP contribution in [0.15, 0.2) is 42.6 Å². The minimum atomic E-state index is -1.92. The van der Waals surface area contributed by atoms with E-state index in [2.05, 4.69) is 4.98 Å². The summed E-state index contributed by atoms with van der Waals surface area (Å²) in [4.78, 5) is 61.6. The Labute approximate surface area is 190 Å². The standard InChI is InChI=1S/C23H23ClN4O4/c1-14(2)26-13-20(30)27(12-16-4-6-17(24)7-5-16)23(21(26)31)11-19(29)28(22(23)32)18-8-9-25-15(3)10-18/h4-10,14H,11-13H2,1-3H3. The SMILES string of the molecule is Cc1cc(N2C(=O)CC3(C2=O)C(=O)N(C(C)C)CC(=O)N3Cc2ccc(Cl)cc2)ccn1. The first-order valence-corrected chi connectivity index (χ1v) is 10.7. The van der Waals surface area contributed by atoms with Crippen LogP contribution in [0.1, 0.15) is 31.5 Å². The Morgan fingerprint density at radius 1 is 1.03 bits per heavy atom. The molecule has 9 heteroatoms. The van der Waals surface area contributed by atoms with Crippen LogP contribution in [0.25, 0.3) is 0 Å². The van der Waals surface area contributed by atoms with Crippen LogP contribution >= 0.6 is 11.6 Å². The highest BCUT2D eigenvalue weighted by Crippen LogP contribution is 2.39. The third-order valence-corrected chi connectivity index (χ3v) is 6.16. The molecule has 1 unspecified atom stereocenters. The van der Waals surface area contributed by atoms with Gasteiger partial charge in [-0.2, -0.15) is 0 Å². The zero-order valence-electron chi connectivity index (χ0n) is 18.0. The molecule has 32 heavy (non-hydrogen) atoms. The predicted octanol–water partition coefficient (Wildman–Crippen LogP) is 2.32. The van der Waals surface area contributed by atoms with Crippen LogP contribution in [0.5, 0.6) is 0 Å². The van der Waals surface area contributed by atoms with Crippen molar-refractivity contribution in [1.82, 2.24) is 14.8 Å². The molecule has 0 aliphatic carbocycles. The average molecular weight is 455 g/mol. The quantitative estimate of drug-likeness (QED) is 0.522. The Morgan fingerprint density at radius 3 is 2.34 bits per heavy atom. The van der Waals surface area contributed by atoms with Crippen molar-refractivity contribution in [1.29, 1.82) is 0 Å². The number of carbonyl (C=O) groups excluding carboxylic acids is 4. The number of halogens is 1. The molecule has 2 saturated heterocycles.